The van der Waals surface area contributed by atoms with Crippen LogP contribution in [0.1, 0.15) is 6.42 Å². The third-order valence-corrected chi connectivity index (χ3v) is 2.76. The Hall–Kier alpha value is -1.69. The van der Waals surface area contributed by atoms with Crippen molar-refractivity contribution < 1.29 is 13.9 Å². The summed E-state index contributed by atoms with van der Waals surface area (Å²) in [7, 11) is 0. The lowest BCUT2D eigenvalue weighted by atomic mass is 10.3. The van der Waals surface area contributed by atoms with Crippen LogP contribution >= 0.6 is 0 Å². The van der Waals surface area contributed by atoms with E-state index in [1.54, 1.807) is 11.0 Å². The fraction of sp³-hybridized carbons (Fsp3) is 0.500. The molecule has 2 rings (SSSR count). The Bertz CT molecular complexity index is 408. The van der Waals surface area contributed by atoms with E-state index >= 15 is 0 Å². The van der Waals surface area contributed by atoms with Gasteiger partial charge in [-0.2, -0.15) is 4.39 Å². The molecule has 0 unspecified atom stereocenters. The van der Waals surface area contributed by atoms with Crippen molar-refractivity contribution in [2.75, 3.05) is 38.2 Å². The van der Waals surface area contributed by atoms with Gasteiger partial charge in [-0.15, -0.1) is 0 Å². The summed E-state index contributed by atoms with van der Waals surface area (Å²) in [6.07, 6.45) is 1.78. The molecule has 2 heterocycles. The smallest absolute Gasteiger partial charge is 0.224 e. The van der Waals surface area contributed by atoms with E-state index in [9.17, 15) is 9.18 Å². The van der Waals surface area contributed by atoms with Gasteiger partial charge in [-0.3, -0.25) is 4.79 Å². The van der Waals surface area contributed by atoms with E-state index in [0.29, 0.717) is 45.0 Å². The number of hydrogen-bond acceptors (Lipinski definition) is 4. The number of amides is 1. The summed E-state index contributed by atoms with van der Waals surface area (Å²) >= 11 is 0. The van der Waals surface area contributed by atoms with Crippen LogP contribution in [0.15, 0.2) is 18.3 Å². The maximum atomic E-state index is 12.8. The number of carbonyl (C=O) groups is 1. The first kappa shape index (κ1) is 12.8. The molecule has 0 spiro atoms. The monoisotopic (exact) mass is 253 g/mol. The van der Waals surface area contributed by atoms with Crippen LogP contribution in [0.3, 0.4) is 0 Å². The second kappa shape index (κ2) is 6.30. The van der Waals surface area contributed by atoms with Crippen LogP contribution in [-0.4, -0.2) is 48.6 Å². The number of aromatic nitrogens is 1. The number of anilines is 1. The number of halogens is 1. The number of nitrogens with one attached hydrogen (secondary N) is 1. The van der Waals surface area contributed by atoms with E-state index in [-0.39, 0.29) is 5.91 Å². The second-order valence-corrected chi connectivity index (χ2v) is 4.04. The van der Waals surface area contributed by atoms with Crippen LogP contribution in [0, 0.1) is 5.95 Å². The van der Waals surface area contributed by atoms with E-state index in [0.717, 1.165) is 0 Å². The molecule has 0 bridgehead atoms. The lowest BCUT2D eigenvalue weighted by Gasteiger charge is -2.26. The summed E-state index contributed by atoms with van der Waals surface area (Å²) in [4.78, 5) is 17.0. The molecule has 0 aliphatic carbocycles. The van der Waals surface area contributed by atoms with Crippen LogP contribution in [0.5, 0.6) is 0 Å². The maximum absolute atomic E-state index is 12.8. The van der Waals surface area contributed by atoms with Gasteiger partial charge in [0.25, 0.3) is 0 Å². The zero-order chi connectivity index (χ0) is 12.8. The van der Waals surface area contributed by atoms with E-state index in [1.807, 2.05) is 0 Å². The van der Waals surface area contributed by atoms with Crippen molar-refractivity contribution in [3.63, 3.8) is 0 Å². The highest BCUT2D eigenvalue weighted by atomic mass is 19.1. The Morgan fingerprint density at radius 3 is 3.00 bits per heavy atom. The molecule has 1 amide bonds. The summed E-state index contributed by atoms with van der Waals surface area (Å²) in [6.45, 7) is 3.01. The highest BCUT2D eigenvalue weighted by molar-refractivity contribution is 5.76. The number of morpholine rings is 1. The average Bonchev–Trinajstić information content (AvgIpc) is 2.40. The first-order valence-corrected chi connectivity index (χ1v) is 5.96. The molecule has 1 aromatic rings. The maximum Gasteiger partial charge on any atom is 0.224 e. The molecule has 0 aromatic carbocycles. The molecule has 5 nitrogen and oxygen atoms in total. The summed E-state index contributed by atoms with van der Waals surface area (Å²) in [6, 6.07) is 2.97. The number of pyridine rings is 1. The number of rotatable bonds is 4. The Morgan fingerprint density at radius 2 is 2.28 bits per heavy atom. The minimum atomic E-state index is -0.528. The van der Waals surface area contributed by atoms with Gasteiger partial charge in [-0.05, 0) is 6.07 Å². The molecule has 1 fully saturated rings. The molecule has 1 saturated heterocycles. The van der Waals surface area contributed by atoms with E-state index in [4.69, 9.17) is 4.74 Å². The normalized spacial score (nSPS) is 15.5. The van der Waals surface area contributed by atoms with Gasteiger partial charge in [0.1, 0.15) is 0 Å². The highest BCUT2D eigenvalue weighted by Gasteiger charge is 2.15. The number of ether oxygens (including phenoxy) is 1. The molecule has 1 N–H and O–H groups in total. The van der Waals surface area contributed by atoms with Crippen LogP contribution in [-0.2, 0) is 9.53 Å². The van der Waals surface area contributed by atoms with Crippen molar-refractivity contribution in [3.05, 3.63) is 24.3 Å². The van der Waals surface area contributed by atoms with Crippen molar-refractivity contribution in [2.24, 2.45) is 0 Å². The molecule has 18 heavy (non-hydrogen) atoms. The van der Waals surface area contributed by atoms with Crippen LogP contribution in [0.4, 0.5) is 10.1 Å². The SMILES string of the molecule is O=C(CCNc1ccnc(F)c1)N1CCOCC1. The van der Waals surface area contributed by atoms with Gasteiger partial charge in [-0.1, -0.05) is 0 Å². The molecule has 6 heteroatoms. The molecule has 0 atom stereocenters. The van der Waals surface area contributed by atoms with E-state index in [1.165, 1.54) is 12.3 Å². The molecule has 1 aliphatic heterocycles. The van der Waals surface area contributed by atoms with Crippen molar-refractivity contribution in [3.8, 4) is 0 Å². The molecule has 1 aromatic heterocycles. The largest absolute Gasteiger partial charge is 0.384 e. The van der Waals surface area contributed by atoms with Crippen LogP contribution in [0.2, 0.25) is 0 Å². The van der Waals surface area contributed by atoms with E-state index < -0.39 is 5.95 Å². The number of nitrogens with zero attached hydrogens (tertiary/aromatic N) is 2. The number of carbonyl (C=O) groups excluding carboxylic acids is 1. The zero-order valence-corrected chi connectivity index (χ0v) is 10.1. The minimum Gasteiger partial charge on any atom is -0.384 e. The fourth-order valence-corrected chi connectivity index (χ4v) is 1.80. The Balaban J connectivity index is 1.73. The minimum absolute atomic E-state index is 0.0975. The molecule has 0 radical (unpaired) electrons. The molecule has 1 aliphatic rings. The van der Waals surface area contributed by atoms with Crippen molar-refractivity contribution in [2.45, 2.75) is 6.42 Å². The molecule has 98 valence electrons. The van der Waals surface area contributed by atoms with Crippen molar-refractivity contribution in [1.82, 2.24) is 9.88 Å². The van der Waals surface area contributed by atoms with Crippen molar-refractivity contribution in [1.29, 1.82) is 0 Å². The van der Waals surface area contributed by atoms with Gasteiger partial charge >= 0.3 is 0 Å². The quantitative estimate of drug-likeness (QED) is 0.809. The van der Waals surface area contributed by atoms with Gasteiger partial charge in [0.15, 0.2) is 0 Å². The lowest BCUT2D eigenvalue weighted by Crippen LogP contribution is -2.41. The molecular formula is C12H16FN3O2. The van der Waals surface area contributed by atoms with E-state index in [2.05, 4.69) is 10.3 Å². The van der Waals surface area contributed by atoms with Crippen LogP contribution < -0.4 is 5.32 Å². The molecular weight excluding hydrogens is 237 g/mol. The lowest BCUT2D eigenvalue weighted by molar-refractivity contribution is -0.134. The van der Waals surface area contributed by atoms with Gasteiger partial charge in [-0.25, -0.2) is 4.98 Å². The van der Waals surface area contributed by atoms with Gasteiger partial charge in [0.05, 0.1) is 13.2 Å². The van der Waals surface area contributed by atoms with Crippen molar-refractivity contribution >= 4 is 11.6 Å². The summed E-state index contributed by atoms with van der Waals surface area (Å²) < 4.78 is 18.0. The summed E-state index contributed by atoms with van der Waals surface area (Å²) in [5.41, 5.74) is 0.636. The Labute approximate surface area is 105 Å². The molecule has 0 saturated carbocycles. The first-order valence-electron chi connectivity index (χ1n) is 5.96. The Kier molecular flexibility index (Phi) is 4.46. The number of hydrogen-bond donors (Lipinski definition) is 1. The van der Waals surface area contributed by atoms with Crippen LogP contribution in [0.25, 0.3) is 0 Å². The average molecular weight is 253 g/mol. The highest BCUT2D eigenvalue weighted by Crippen LogP contribution is 2.07. The van der Waals surface area contributed by atoms with Gasteiger partial charge in [0, 0.05) is 44.0 Å². The summed E-state index contributed by atoms with van der Waals surface area (Å²) in [5.74, 6) is -0.431. The topological polar surface area (TPSA) is 54.5 Å². The first-order chi connectivity index (χ1) is 8.75. The predicted molar refractivity (Wildman–Crippen MR) is 64.7 cm³/mol. The second-order valence-electron chi connectivity index (χ2n) is 4.04. The third kappa shape index (κ3) is 3.66. The zero-order valence-electron chi connectivity index (χ0n) is 10.1. The fourth-order valence-electron chi connectivity index (χ4n) is 1.80. The standard InChI is InChI=1S/C12H16FN3O2/c13-11-9-10(1-3-15-11)14-4-2-12(17)16-5-7-18-8-6-16/h1,3,9H,2,4-8H2,(H,14,15). The third-order valence-electron chi connectivity index (χ3n) is 2.76. The van der Waals surface area contributed by atoms with Gasteiger partial charge in [0.2, 0.25) is 11.9 Å². The Morgan fingerprint density at radius 1 is 1.50 bits per heavy atom. The summed E-state index contributed by atoms with van der Waals surface area (Å²) in [5, 5.41) is 3.00. The van der Waals surface area contributed by atoms with Gasteiger partial charge < -0.3 is 15.0 Å². The predicted octanol–water partition coefficient (Wildman–Crippen LogP) is 0.881.